The second-order valence-electron chi connectivity index (χ2n) is 8.79. The Kier molecular flexibility index (Phi) is 10.2. The van der Waals surface area contributed by atoms with Gasteiger partial charge in [0, 0.05) is 36.9 Å². The van der Waals surface area contributed by atoms with E-state index in [2.05, 4.69) is 21.3 Å². The van der Waals surface area contributed by atoms with E-state index in [1.807, 2.05) is 23.9 Å². The Labute approximate surface area is 200 Å². The molecule has 0 saturated carbocycles. The molecule has 9 heteroatoms. The Morgan fingerprint density at radius 3 is 2.39 bits per heavy atom. The molecule has 0 aliphatic carbocycles. The summed E-state index contributed by atoms with van der Waals surface area (Å²) in [6.45, 7) is 1.24. The van der Waals surface area contributed by atoms with Gasteiger partial charge in [-0.05, 0) is 49.8 Å². The number of aromatic hydroxyl groups is 1. The van der Waals surface area contributed by atoms with Crippen molar-refractivity contribution in [1.82, 2.24) is 21.3 Å². The number of urea groups is 1. The first-order valence-electron chi connectivity index (χ1n) is 12.0. The molecule has 182 valence electrons. The van der Waals surface area contributed by atoms with Crippen LogP contribution in [0.15, 0.2) is 24.3 Å². The second-order valence-corrected chi connectivity index (χ2v) is 10.1. The van der Waals surface area contributed by atoms with Crippen molar-refractivity contribution in [1.29, 1.82) is 0 Å². The fourth-order valence-corrected chi connectivity index (χ4v) is 5.82. The highest BCUT2D eigenvalue weighted by Crippen LogP contribution is 2.33. The highest BCUT2D eigenvalue weighted by Gasteiger charge is 2.42. The summed E-state index contributed by atoms with van der Waals surface area (Å²) in [5.41, 5.74) is 1.08. The smallest absolute Gasteiger partial charge is 0.315 e. The maximum Gasteiger partial charge on any atom is 0.315 e. The summed E-state index contributed by atoms with van der Waals surface area (Å²) in [6, 6.07) is 7.44. The van der Waals surface area contributed by atoms with Gasteiger partial charge in [0.2, 0.25) is 11.8 Å². The Bertz CT molecular complexity index is 789. The molecule has 2 saturated heterocycles. The molecule has 1 aromatic carbocycles. The Hall–Kier alpha value is -2.42. The number of thioether (sulfide) groups is 1. The zero-order valence-electron chi connectivity index (χ0n) is 19.1. The van der Waals surface area contributed by atoms with Crippen molar-refractivity contribution in [2.75, 3.05) is 18.8 Å². The number of amides is 4. The molecular weight excluding hydrogens is 440 g/mol. The van der Waals surface area contributed by atoms with Crippen LogP contribution in [0.5, 0.6) is 5.75 Å². The van der Waals surface area contributed by atoms with E-state index >= 15 is 0 Å². The number of phenolic OH excluding ortho intramolecular Hbond substituents is 1. The number of hydrogen-bond acceptors (Lipinski definition) is 5. The number of carbonyl (C=O) groups is 3. The van der Waals surface area contributed by atoms with Gasteiger partial charge in [0.25, 0.3) is 0 Å². The van der Waals surface area contributed by atoms with Crippen LogP contribution < -0.4 is 21.3 Å². The lowest BCUT2D eigenvalue weighted by molar-refractivity contribution is -0.122. The molecule has 4 amide bonds. The first kappa shape index (κ1) is 25.2. The lowest BCUT2D eigenvalue weighted by atomic mass is 10.0. The lowest BCUT2D eigenvalue weighted by Gasteiger charge is -2.16. The molecule has 0 unspecified atom stereocenters. The van der Waals surface area contributed by atoms with Crippen LogP contribution in [0.1, 0.15) is 56.9 Å². The van der Waals surface area contributed by atoms with E-state index in [1.54, 1.807) is 12.1 Å². The summed E-state index contributed by atoms with van der Waals surface area (Å²) in [5, 5.41) is 21.6. The topological polar surface area (TPSA) is 120 Å². The number of benzene rings is 1. The number of rotatable bonds is 14. The lowest BCUT2D eigenvalue weighted by Crippen LogP contribution is -2.36. The summed E-state index contributed by atoms with van der Waals surface area (Å²) >= 11 is 1.91. The molecule has 0 spiro atoms. The monoisotopic (exact) mass is 476 g/mol. The Balaban J connectivity index is 1.11. The zero-order valence-corrected chi connectivity index (χ0v) is 19.9. The van der Waals surface area contributed by atoms with E-state index < -0.39 is 0 Å². The highest BCUT2D eigenvalue weighted by atomic mass is 32.2. The van der Waals surface area contributed by atoms with Crippen molar-refractivity contribution >= 4 is 29.6 Å². The number of phenols is 1. The zero-order chi connectivity index (χ0) is 23.5. The van der Waals surface area contributed by atoms with Crippen LogP contribution >= 0.6 is 11.8 Å². The van der Waals surface area contributed by atoms with Crippen LogP contribution in [0.3, 0.4) is 0 Å². The number of fused-ring (bicyclic) bond motifs is 1. The van der Waals surface area contributed by atoms with Crippen molar-refractivity contribution in [3.8, 4) is 5.75 Å². The number of unbranched alkanes of at least 4 members (excludes halogenated alkanes) is 3. The average Bonchev–Trinajstić information content (AvgIpc) is 3.34. The van der Waals surface area contributed by atoms with Crippen molar-refractivity contribution in [2.45, 2.75) is 75.1 Å². The minimum absolute atomic E-state index is 0.0533. The third kappa shape index (κ3) is 8.79. The van der Waals surface area contributed by atoms with E-state index in [1.165, 1.54) is 0 Å². The van der Waals surface area contributed by atoms with E-state index in [9.17, 15) is 19.5 Å². The first-order chi connectivity index (χ1) is 16.0. The summed E-state index contributed by atoms with van der Waals surface area (Å²) in [6.07, 6.45) is 7.27. The van der Waals surface area contributed by atoms with Gasteiger partial charge in [-0.25, -0.2) is 4.79 Å². The normalized spacial score (nSPS) is 21.2. The van der Waals surface area contributed by atoms with Crippen molar-refractivity contribution in [2.24, 2.45) is 0 Å². The molecule has 3 atom stereocenters. The number of hydrogen-bond donors (Lipinski definition) is 5. The third-order valence-electron chi connectivity index (χ3n) is 6.16. The van der Waals surface area contributed by atoms with Crippen LogP contribution in [0.25, 0.3) is 0 Å². The van der Waals surface area contributed by atoms with E-state index in [0.717, 1.165) is 56.3 Å². The molecule has 33 heavy (non-hydrogen) atoms. The molecule has 8 nitrogen and oxygen atoms in total. The summed E-state index contributed by atoms with van der Waals surface area (Å²) in [7, 11) is 0. The molecule has 0 radical (unpaired) electrons. The number of carbonyl (C=O) groups excluding carboxylic acids is 3. The van der Waals surface area contributed by atoms with Crippen molar-refractivity contribution < 1.29 is 19.5 Å². The quantitative estimate of drug-likeness (QED) is 0.209. The van der Waals surface area contributed by atoms with E-state index in [4.69, 9.17) is 0 Å². The van der Waals surface area contributed by atoms with Gasteiger partial charge >= 0.3 is 6.03 Å². The van der Waals surface area contributed by atoms with E-state index in [-0.39, 0.29) is 35.7 Å². The van der Waals surface area contributed by atoms with E-state index in [0.29, 0.717) is 31.2 Å². The van der Waals surface area contributed by atoms with Crippen LogP contribution in [-0.4, -0.2) is 59.1 Å². The summed E-state index contributed by atoms with van der Waals surface area (Å²) in [4.78, 5) is 35.3. The van der Waals surface area contributed by atoms with Crippen molar-refractivity contribution in [3.05, 3.63) is 29.8 Å². The average molecular weight is 477 g/mol. The molecule has 0 aromatic heterocycles. The molecule has 2 aliphatic heterocycles. The fourth-order valence-electron chi connectivity index (χ4n) is 4.27. The largest absolute Gasteiger partial charge is 0.508 e. The number of nitrogens with one attached hydrogen (secondary N) is 4. The molecule has 2 aliphatic rings. The van der Waals surface area contributed by atoms with Gasteiger partial charge in [-0.3, -0.25) is 9.59 Å². The fraction of sp³-hybridized carbons (Fsp3) is 0.625. The van der Waals surface area contributed by atoms with Gasteiger partial charge in [-0.2, -0.15) is 11.8 Å². The van der Waals surface area contributed by atoms with Gasteiger partial charge in [0.1, 0.15) is 5.75 Å². The molecule has 3 rings (SSSR count). The minimum Gasteiger partial charge on any atom is -0.508 e. The van der Waals surface area contributed by atoms with Crippen LogP contribution in [0.2, 0.25) is 0 Å². The Morgan fingerprint density at radius 1 is 0.939 bits per heavy atom. The standard InChI is InChI=1S/C24H36N4O4S/c29-18-11-9-17(10-12-18)13-15-26-22(31)7-2-1-5-14-25-21(30)8-4-3-6-20-23-19(16-33-20)27-24(32)28-23/h9-12,19-20,23,29H,1-8,13-16H2,(H,25,30)(H,26,31)(H2,27,28,32)/t19-,20-,23-/m0/s1. The SMILES string of the molecule is O=C(CCCC[C@@H]1SC[C@@H]2NC(=O)N[C@@H]21)NCCCCCC(=O)NCCc1ccc(O)cc1. The second kappa shape index (κ2) is 13.3. The van der Waals surface area contributed by atoms with Gasteiger partial charge < -0.3 is 26.4 Å². The molecule has 2 heterocycles. The Morgan fingerprint density at radius 2 is 1.64 bits per heavy atom. The van der Waals surface area contributed by atoms with Crippen LogP contribution in [0.4, 0.5) is 4.79 Å². The molecular formula is C24H36N4O4S. The maximum atomic E-state index is 12.0. The van der Waals surface area contributed by atoms with Gasteiger partial charge in [0.15, 0.2) is 0 Å². The van der Waals surface area contributed by atoms with Crippen LogP contribution in [-0.2, 0) is 16.0 Å². The predicted octanol–water partition coefficient (Wildman–Crippen LogP) is 2.45. The highest BCUT2D eigenvalue weighted by molar-refractivity contribution is 8.00. The van der Waals surface area contributed by atoms with Crippen molar-refractivity contribution in [3.63, 3.8) is 0 Å². The minimum atomic E-state index is -0.0547. The van der Waals surface area contributed by atoms with Gasteiger partial charge in [0.05, 0.1) is 12.1 Å². The predicted molar refractivity (Wildman–Crippen MR) is 130 cm³/mol. The molecule has 2 fully saturated rings. The van der Waals surface area contributed by atoms with Gasteiger partial charge in [-0.1, -0.05) is 25.0 Å². The third-order valence-corrected chi connectivity index (χ3v) is 7.66. The van der Waals surface area contributed by atoms with Gasteiger partial charge in [-0.15, -0.1) is 0 Å². The summed E-state index contributed by atoms with van der Waals surface area (Å²) < 4.78 is 0. The first-order valence-corrected chi connectivity index (χ1v) is 13.1. The summed E-state index contributed by atoms with van der Waals surface area (Å²) in [5.74, 6) is 1.36. The maximum absolute atomic E-state index is 12.0. The molecule has 0 bridgehead atoms. The molecule has 5 N–H and O–H groups in total. The van der Waals surface area contributed by atoms with Crippen LogP contribution in [0, 0.1) is 0 Å². The molecule has 1 aromatic rings.